The third-order valence-corrected chi connectivity index (χ3v) is 5.58. The van der Waals surface area contributed by atoms with Gasteiger partial charge in [-0.15, -0.1) is 5.10 Å². The molecular weight excluding hydrogens is 320 g/mol. The van der Waals surface area contributed by atoms with Crippen LogP contribution < -0.4 is 10.9 Å². The van der Waals surface area contributed by atoms with Crippen molar-refractivity contribution in [1.29, 1.82) is 0 Å². The first kappa shape index (κ1) is 15.3. The maximum atomic E-state index is 12.1. The van der Waals surface area contributed by atoms with E-state index in [0.29, 0.717) is 4.96 Å². The maximum absolute atomic E-state index is 12.1. The van der Waals surface area contributed by atoms with Crippen LogP contribution in [0.5, 0.6) is 0 Å². The summed E-state index contributed by atoms with van der Waals surface area (Å²) in [4.78, 5) is 17.3. The Kier molecular flexibility index (Phi) is 3.46. The van der Waals surface area contributed by atoms with E-state index in [-0.39, 0.29) is 17.0 Å². The van der Waals surface area contributed by atoms with Gasteiger partial charge in [0.05, 0.1) is 6.04 Å². The van der Waals surface area contributed by atoms with E-state index in [9.17, 15) is 4.79 Å². The standard InChI is InChI=1S/C18H20N4OS/c1-4-11-9-15(23)22-17(19-11)24-16(21-22)20-14-10-18(2,3)13-8-6-5-7-12(13)14/h5-9,14H,4,10H2,1-3H3,(H,20,21). The summed E-state index contributed by atoms with van der Waals surface area (Å²) in [6, 6.07) is 10.3. The number of benzene rings is 1. The van der Waals surface area contributed by atoms with Crippen LogP contribution in [0.15, 0.2) is 35.1 Å². The highest BCUT2D eigenvalue weighted by molar-refractivity contribution is 7.20. The zero-order valence-electron chi connectivity index (χ0n) is 14.0. The van der Waals surface area contributed by atoms with Crippen LogP contribution in [-0.4, -0.2) is 14.6 Å². The van der Waals surface area contributed by atoms with E-state index in [4.69, 9.17) is 0 Å². The molecule has 0 fully saturated rings. The normalized spacial score (nSPS) is 18.7. The molecule has 0 bridgehead atoms. The molecule has 3 aromatic rings. The Morgan fingerprint density at radius 2 is 2.17 bits per heavy atom. The molecule has 0 spiro atoms. The Labute approximate surface area is 144 Å². The molecule has 1 aromatic carbocycles. The first-order valence-corrected chi connectivity index (χ1v) is 9.05. The van der Waals surface area contributed by atoms with Crippen LogP contribution in [0.3, 0.4) is 0 Å². The minimum absolute atomic E-state index is 0.117. The molecule has 2 heterocycles. The SMILES string of the molecule is CCc1cc(=O)n2nc(NC3CC(C)(C)c4ccccc43)sc2n1. The zero-order valence-corrected chi connectivity index (χ0v) is 14.9. The lowest BCUT2D eigenvalue weighted by Crippen LogP contribution is -2.16. The molecule has 1 atom stereocenters. The van der Waals surface area contributed by atoms with E-state index >= 15 is 0 Å². The molecule has 0 saturated carbocycles. The summed E-state index contributed by atoms with van der Waals surface area (Å²) in [5.74, 6) is 0. The van der Waals surface area contributed by atoms with Crippen LogP contribution in [0, 0.1) is 0 Å². The molecule has 1 aliphatic rings. The van der Waals surface area contributed by atoms with Gasteiger partial charge >= 0.3 is 0 Å². The van der Waals surface area contributed by atoms with Gasteiger partial charge < -0.3 is 5.32 Å². The summed E-state index contributed by atoms with van der Waals surface area (Å²) in [7, 11) is 0. The summed E-state index contributed by atoms with van der Waals surface area (Å²) in [5, 5.41) is 8.68. The molecule has 0 radical (unpaired) electrons. The summed E-state index contributed by atoms with van der Waals surface area (Å²) in [5.41, 5.74) is 3.52. The molecular formula is C18H20N4OS. The third kappa shape index (κ3) is 2.41. The lowest BCUT2D eigenvalue weighted by atomic mass is 9.86. The third-order valence-electron chi connectivity index (χ3n) is 4.74. The van der Waals surface area contributed by atoms with Gasteiger partial charge in [0, 0.05) is 11.8 Å². The molecule has 0 saturated heterocycles. The fraction of sp³-hybridized carbons (Fsp3) is 0.389. The minimum atomic E-state index is -0.117. The number of hydrogen-bond acceptors (Lipinski definition) is 5. The highest BCUT2D eigenvalue weighted by Gasteiger charge is 2.36. The van der Waals surface area contributed by atoms with Crippen LogP contribution >= 0.6 is 11.3 Å². The van der Waals surface area contributed by atoms with Crippen molar-refractivity contribution in [2.45, 2.75) is 45.1 Å². The van der Waals surface area contributed by atoms with Crippen molar-refractivity contribution < 1.29 is 0 Å². The van der Waals surface area contributed by atoms with Gasteiger partial charge in [0.1, 0.15) is 0 Å². The smallest absolute Gasteiger partial charge is 0.275 e. The van der Waals surface area contributed by atoms with Gasteiger partial charge in [-0.1, -0.05) is 56.4 Å². The Balaban J connectivity index is 1.71. The number of fused-ring (bicyclic) bond motifs is 2. The highest BCUT2D eigenvalue weighted by atomic mass is 32.1. The summed E-state index contributed by atoms with van der Waals surface area (Å²) in [6.07, 6.45) is 1.75. The molecule has 5 nitrogen and oxygen atoms in total. The predicted octanol–water partition coefficient (Wildman–Crippen LogP) is 3.55. The second-order valence-electron chi connectivity index (χ2n) is 6.91. The van der Waals surface area contributed by atoms with Crippen molar-refractivity contribution >= 4 is 21.4 Å². The summed E-state index contributed by atoms with van der Waals surface area (Å²) >= 11 is 1.43. The fourth-order valence-electron chi connectivity index (χ4n) is 3.52. The van der Waals surface area contributed by atoms with E-state index in [1.807, 2.05) is 6.92 Å². The molecule has 1 N–H and O–H groups in total. The van der Waals surface area contributed by atoms with Crippen molar-refractivity contribution in [2.75, 3.05) is 5.32 Å². The molecule has 124 valence electrons. The van der Waals surface area contributed by atoms with Crippen molar-refractivity contribution in [3.05, 3.63) is 57.5 Å². The van der Waals surface area contributed by atoms with Crippen molar-refractivity contribution in [3.8, 4) is 0 Å². The molecule has 6 heteroatoms. The Morgan fingerprint density at radius 1 is 1.38 bits per heavy atom. The quantitative estimate of drug-likeness (QED) is 0.792. The van der Waals surface area contributed by atoms with E-state index < -0.39 is 0 Å². The van der Waals surface area contributed by atoms with Gasteiger partial charge in [-0.2, -0.15) is 4.52 Å². The van der Waals surface area contributed by atoms with Crippen LogP contribution in [-0.2, 0) is 11.8 Å². The highest BCUT2D eigenvalue weighted by Crippen LogP contribution is 2.45. The van der Waals surface area contributed by atoms with Gasteiger partial charge in [-0.3, -0.25) is 4.79 Å². The molecule has 1 unspecified atom stereocenters. The fourth-order valence-corrected chi connectivity index (χ4v) is 4.40. The van der Waals surface area contributed by atoms with Gasteiger partial charge in [0.15, 0.2) is 0 Å². The van der Waals surface area contributed by atoms with Crippen LogP contribution in [0.4, 0.5) is 5.13 Å². The monoisotopic (exact) mass is 340 g/mol. The molecule has 4 rings (SSSR count). The first-order valence-electron chi connectivity index (χ1n) is 8.23. The molecule has 24 heavy (non-hydrogen) atoms. The predicted molar refractivity (Wildman–Crippen MR) is 97.0 cm³/mol. The number of nitrogens with zero attached hydrogens (tertiary/aromatic N) is 3. The van der Waals surface area contributed by atoms with E-state index in [2.05, 4.69) is 53.5 Å². The molecule has 0 amide bonds. The maximum Gasteiger partial charge on any atom is 0.275 e. The van der Waals surface area contributed by atoms with Crippen molar-refractivity contribution in [1.82, 2.24) is 14.6 Å². The molecule has 0 aliphatic heterocycles. The van der Waals surface area contributed by atoms with Crippen molar-refractivity contribution in [2.24, 2.45) is 0 Å². The molecule has 1 aliphatic carbocycles. The number of rotatable bonds is 3. The Bertz CT molecular complexity index is 973. The lowest BCUT2D eigenvalue weighted by molar-refractivity contribution is 0.493. The average Bonchev–Trinajstić information content (AvgIpc) is 3.07. The van der Waals surface area contributed by atoms with Gasteiger partial charge in [-0.05, 0) is 29.4 Å². The number of hydrogen-bond donors (Lipinski definition) is 1. The summed E-state index contributed by atoms with van der Waals surface area (Å²) in [6.45, 7) is 6.53. The van der Waals surface area contributed by atoms with Gasteiger partial charge in [-0.25, -0.2) is 4.98 Å². The first-order chi connectivity index (χ1) is 11.5. The van der Waals surface area contributed by atoms with Gasteiger partial charge in [0.25, 0.3) is 5.56 Å². The van der Waals surface area contributed by atoms with Crippen LogP contribution in [0.2, 0.25) is 0 Å². The second kappa shape index (κ2) is 5.41. The zero-order chi connectivity index (χ0) is 16.9. The number of aryl methyl sites for hydroxylation is 1. The number of anilines is 1. The molecule has 2 aromatic heterocycles. The minimum Gasteiger partial charge on any atom is -0.353 e. The van der Waals surface area contributed by atoms with E-state index in [1.54, 1.807) is 6.07 Å². The van der Waals surface area contributed by atoms with Crippen LogP contribution in [0.1, 0.15) is 50.1 Å². The average molecular weight is 340 g/mol. The van der Waals surface area contributed by atoms with E-state index in [0.717, 1.165) is 23.7 Å². The Hall–Kier alpha value is -2.21. The largest absolute Gasteiger partial charge is 0.353 e. The summed E-state index contributed by atoms with van der Waals surface area (Å²) < 4.78 is 1.39. The van der Waals surface area contributed by atoms with E-state index in [1.165, 1.54) is 27.0 Å². The van der Waals surface area contributed by atoms with Crippen LogP contribution in [0.25, 0.3) is 4.96 Å². The Morgan fingerprint density at radius 3 is 2.96 bits per heavy atom. The number of aromatic nitrogens is 3. The lowest BCUT2D eigenvalue weighted by Gasteiger charge is -2.19. The second-order valence-corrected chi connectivity index (χ2v) is 7.87. The van der Waals surface area contributed by atoms with Crippen molar-refractivity contribution in [3.63, 3.8) is 0 Å². The topological polar surface area (TPSA) is 59.3 Å². The van der Waals surface area contributed by atoms with Gasteiger partial charge in [0.2, 0.25) is 10.1 Å². The number of nitrogens with one attached hydrogen (secondary N) is 1.